The summed E-state index contributed by atoms with van der Waals surface area (Å²) in [5, 5.41) is 16.7. The van der Waals surface area contributed by atoms with Crippen molar-refractivity contribution in [1.29, 1.82) is 0 Å². The summed E-state index contributed by atoms with van der Waals surface area (Å²) in [6.07, 6.45) is 41.2. The van der Waals surface area contributed by atoms with Gasteiger partial charge in [0.2, 0.25) is 0 Å². The number of nitrogens with zero attached hydrogens (tertiary/aromatic N) is 2. The maximum atomic E-state index is 5.64. The van der Waals surface area contributed by atoms with E-state index in [0.717, 1.165) is 0 Å². The van der Waals surface area contributed by atoms with Crippen LogP contribution in [0.5, 0.6) is 0 Å². The highest BCUT2D eigenvalue weighted by molar-refractivity contribution is 7.66. The second-order valence-corrected chi connectivity index (χ2v) is 35.0. The zero-order valence-electron chi connectivity index (χ0n) is 36.5. The van der Waals surface area contributed by atoms with E-state index in [4.69, 9.17) is 9.51 Å². The van der Waals surface area contributed by atoms with E-state index in [0.29, 0.717) is 36.3 Å². The van der Waals surface area contributed by atoms with E-state index in [1.165, 1.54) is 193 Å². The third-order valence-electron chi connectivity index (χ3n) is 12.7. The zero-order valence-corrected chi connectivity index (χ0v) is 40.3. The van der Waals surface area contributed by atoms with Gasteiger partial charge in [-0.2, -0.15) is 0 Å². The summed E-state index contributed by atoms with van der Waals surface area (Å²) < 4.78 is 19.6. The molecule has 0 heterocycles. The highest BCUT2D eigenvalue weighted by atomic mass is 31.2. The fourth-order valence-corrected chi connectivity index (χ4v) is 24.0. The SMILES string of the molecule is C[Si](C)(C)[N-]P(NC1CCCCC1)(NC1CCCCC1)=[NH+]C1CCCCC1.C[Si](C)(C)[N-]P(NC1CCCCC1)(NC1CCCCC1)=[NH+]C1CCCCC1. The Morgan fingerprint density at radius 3 is 0.741 bits per heavy atom. The van der Waals surface area contributed by atoms with Crippen LogP contribution in [0.1, 0.15) is 193 Å². The molecule has 6 saturated carbocycles. The lowest BCUT2D eigenvalue weighted by Gasteiger charge is -2.47. The predicted octanol–water partition coefficient (Wildman–Crippen LogP) is 10.8. The van der Waals surface area contributed by atoms with Gasteiger partial charge in [0.25, 0.3) is 0 Å². The van der Waals surface area contributed by atoms with Crippen LogP contribution < -0.4 is 29.8 Å². The molecule has 316 valence electrons. The highest BCUT2D eigenvalue weighted by Crippen LogP contribution is 2.49. The van der Waals surface area contributed by atoms with E-state index < -0.39 is 31.5 Å². The molecule has 6 N–H and O–H groups in total. The van der Waals surface area contributed by atoms with Crippen molar-refractivity contribution in [3.63, 3.8) is 0 Å². The molecule has 0 saturated heterocycles. The van der Waals surface area contributed by atoms with E-state index in [2.05, 4.69) is 69.1 Å². The van der Waals surface area contributed by atoms with Gasteiger partial charge in [0.1, 0.15) is 27.1 Å². The van der Waals surface area contributed by atoms with E-state index in [1.807, 2.05) is 0 Å². The van der Waals surface area contributed by atoms with Crippen molar-refractivity contribution < 1.29 is 9.49 Å². The molecule has 54 heavy (non-hydrogen) atoms. The molecule has 0 spiro atoms. The van der Waals surface area contributed by atoms with Crippen molar-refractivity contribution in [2.24, 2.45) is 0 Å². The molecule has 6 aliphatic rings. The van der Waals surface area contributed by atoms with Crippen molar-refractivity contribution in [1.82, 2.24) is 20.3 Å². The molecule has 6 aliphatic carbocycles. The molecule has 0 aliphatic heterocycles. The maximum absolute atomic E-state index is 5.64. The van der Waals surface area contributed by atoms with Crippen molar-refractivity contribution >= 4 is 31.5 Å². The summed E-state index contributed by atoms with van der Waals surface area (Å²) in [6, 6.07) is 3.91. The minimum atomic E-state index is -1.89. The van der Waals surface area contributed by atoms with E-state index in [9.17, 15) is 0 Å². The minimum absolute atomic E-state index is 0.652. The van der Waals surface area contributed by atoms with Crippen molar-refractivity contribution in [3.8, 4) is 0 Å². The summed E-state index contributed by atoms with van der Waals surface area (Å²) in [7, 11) is -6.89. The van der Waals surface area contributed by atoms with Crippen LogP contribution in [0.15, 0.2) is 0 Å². The van der Waals surface area contributed by atoms with Gasteiger partial charge in [0.15, 0.2) is 0 Å². The molecule has 0 bridgehead atoms. The molecule has 6 fully saturated rings. The predicted molar refractivity (Wildman–Crippen MR) is 243 cm³/mol. The molecule has 0 amide bonds. The first kappa shape index (κ1) is 45.7. The van der Waals surface area contributed by atoms with E-state index in [1.54, 1.807) is 0 Å². The molecule has 12 heteroatoms. The van der Waals surface area contributed by atoms with Crippen LogP contribution >= 0.6 is 15.0 Å². The average Bonchev–Trinajstić information content (AvgIpc) is 3.13. The van der Waals surface area contributed by atoms with Gasteiger partial charge in [0.05, 0.1) is 0 Å². The Morgan fingerprint density at radius 2 is 0.537 bits per heavy atom. The zero-order chi connectivity index (χ0) is 38.3. The quantitative estimate of drug-likeness (QED) is 0.0775. The number of hydrogen-bond acceptors (Lipinski definition) is 0. The first-order chi connectivity index (χ1) is 25.9. The van der Waals surface area contributed by atoms with Crippen LogP contribution in [0.3, 0.4) is 0 Å². The lowest BCUT2D eigenvalue weighted by Crippen LogP contribution is -2.78. The van der Waals surface area contributed by atoms with E-state index in [-0.39, 0.29) is 0 Å². The Kier molecular flexibility index (Phi) is 19.4. The molecular weight excluding hydrogens is 735 g/mol. The van der Waals surface area contributed by atoms with Crippen molar-refractivity contribution in [2.75, 3.05) is 0 Å². The molecule has 0 radical (unpaired) electrons. The number of nitrogens with one attached hydrogen (secondary N) is 6. The summed E-state index contributed by atoms with van der Waals surface area (Å²) in [5.74, 6) is 0. The van der Waals surface area contributed by atoms with Gasteiger partial charge in [-0.05, 0) is 77.0 Å². The molecule has 6 rings (SSSR count). The second-order valence-electron chi connectivity index (χ2n) is 20.6. The maximum Gasteiger partial charge on any atom is 0.146 e. The molecular formula is C42H90N8P2Si2. The monoisotopic (exact) mass is 825 g/mol. The standard InChI is InChI=1S/2C21H44N4PSi/c2*1-27(2,3)25-26(22-19-13-7-4-8-14-19,23-20-15-9-5-10-16-20)24-21-17-11-6-12-18-21/h2*19-21H,4-18H2,1-3H3,(H2-,22,23,24,25)/q2*-1/p+2. The molecule has 0 aromatic rings. The lowest BCUT2D eigenvalue weighted by atomic mass is 9.96. The Morgan fingerprint density at radius 1 is 0.333 bits per heavy atom. The van der Waals surface area contributed by atoms with Gasteiger partial charge in [-0.25, -0.2) is 20.3 Å². The fourth-order valence-electron chi connectivity index (χ4n) is 10.3. The summed E-state index contributed by atoms with van der Waals surface area (Å²) in [4.78, 5) is 0. The van der Waals surface area contributed by atoms with E-state index >= 15 is 0 Å². The first-order valence-corrected chi connectivity index (χ1v) is 34.2. The number of rotatable bonds is 14. The topological polar surface area (TPSA) is 104 Å². The Labute approximate surface area is 337 Å². The third kappa shape index (κ3) is 17.1. The largest absolute Gasteiger partial charge is 0.559 e. The van der Waals surface area contributed by atoms with Gasteiger partial charge in [-0.15, -0.1) is 0 Å². The van der Waals surface area contributed by atoms with Crippen LogP contribution in [-0.4, -0.2) is 52.7 Å². The van der Waals surface area contributed by atoms with Crippen LogP contribution in [0.4, 0.5) is 0 Å². The van der Waals surface area contributed by atoms with Gasteiger partial charge in [-0.1, -0.05) is 146 Å². The van der Waals surface area contributed by atoms with Gasteiger partial charge in [-0.3, -0.25) is 9.49 Å². The summed E-state index contributed by atoms with van der Waals surface area (Å²) in [6.45, 7) is 14.5. The van der Waals surface area contributed by atoms with Gasteiger partial charge in [0, 0.05) is 49.9 Å². The highest BCUT2D eigenvalue weighted by Gasteiger charge is 2.32. The number of hydrogen-bond donors (Lipinski definition) is 6. The van der Waals surface area contributed by atoms with Crippen molar-refractivity contribution in [3.05, 3.63) is 9.51 Å². The van der Waals surface area contributed by atoms with Crippen LogP contribution in [0, 0.1) is 0 Å². The molecule has 0 aromatic heterocycles. The third-order valence-corrected chi connectivity index (χ3v) is 24.4. The van der Waals surface area contributed by atoms with Gasteiger partial charge >= 0.3 is 0 Å². The second kappa shape index (κ2) is 22.9. The van der Waals surface area contributed by atoms with Crippen molar-refractivity contribution in [2.45, 2.75) is 268 Å². The average molecular weight is 825 g/mol. The summed E-state index contributed by atoms with van der Waals surface area (Å²) >= 11 is 0. The Balaban J connectivity index is 0.000000208. The van der Waals surface area contributed by atoms with Crippen LogP contribution in [-0.2, 0) is 0 Å². The molecule has 0 unspecified atom stereocenters. The fraction of sp³-hybridized carbons (Fsp3) is 1.00. The summed E-state index contributed by atoms with van der Waals surface area (Å²) in [5.41, 5.74) is 0. The molecule has 0 aromatic carbocycles. The Hall–Kier alpha value is 0.654. The smallest absolute Gasteiger partial charge is 0.146 e. The van der Waals surface area contributed by atoms with Crippen LogP contribution in [0.2, 0.25) is 39.3 Å². The molecule has 0 atom stereocenters. The molecule has 8 nitrogen and oxygen atoms in total. The van der Waals surface area contributed by atoms with Gasteiger partial charge < -0.3 is 9.51 Å². The lowest BCUT2D eigenvalue weighted by molar-refractivity contribution is -0.490. The minimum Gasteiger partial charge on any atom is -0.559 e. The Bertz CT molecular complexity index is 1020. The normalized spacial score (nSPS) is 24.9. The van der Waals surface area contributed by atoms with Crippen LogP contribution in [0.25, 0.3) is 9.51 Å². The first-order valence-electron chi connectivity index (χ1n) is 23.8.